The van der Waals surface area contributed by atoms with E-state index in [4.69, 9.17) is 11.6 Å². The van der Waals surface area contributed by atoms with Crippen molar-refractivity contribution >= 4 is 23.2 Å². The molecule has 2 N–H and O–H groups in total. The van der Waals surface area contributed by atoms with Crippen LogP contribution in [-0.4, -0.2) is 43.5 Å². The molecule has 4 nitrogen and oxygen atoms in total. The monoisotopic (exact) mass is 267 g/mol. The minimum absolute atomic E-state index is 0.0354. The molecule has 2 rings (SSSR count). The Bertz CT molecular complexity index is 424. The molecule has 0 aromatic heterocycles. The Morgan fingerprint density at radius 2 is 2.39 bits per heavy atom. The number of carbonyl (C=O) groups is 1. The summed E-state index contributed by atoms with van der Waals surface area (Å²) >= 11 is 5.85. The van der Waals surface area contributed by atoms with Crippen LogP contribution in [0.3, 0.4) is 0 Å². The summed E-state index contributed by atoms with van der Waals surface area (Å²) in [4.78, 5) is 14.0. The van der Waals surface area contributed by atoms with Crippen LogP contribution in [0.2, 0.25) is 5.02 Å². The number of anilines is 1. The van der Waals surface area contributed by atoms with Gasteiger partial charge in [0.15, 0.2) is 0 Å². The number of likely N-dealkylation sites (tertiary alicyclic amines) is 1. The first-order valence-corrected chi connectivity index (χ1v) is 6.48. The third kappa shape index (κ3) is 3.98. The zero-order valence-corrected chi connectivity index (χ0v) is 11.2. The van der Waals surface area contributed by atoms with Gasteiger partial charge in [-0.1, -0.05) is 17.7 Å². The predicted octanol–water partition coefficient (Wildman–Crippen LogP) is 1.57. The first-order valence-electron chi connectivity index (χ1n) is 6.11. The van der Waals surface area contributed by atoms with Crippen LogP contribution >= 0.6 is 11.6 Å². The molecule has 0 saturated carbocycles. The van der Waals surface area contributed by atoms with Crippen molar-refractivity contribution in [1.29, 1.82) is 0 Å². The van der Waals surface area contributed by atoms with Crippen LogP contribution in [-0.2, 0) is 4.79 Å². The fraction of sp³-hybridized carbons (Fsp3) is 0.462. The van der Waals surface area contributed by atoms with E-state index in [1.807, 2.05) is 12.1 Å². The highest BCUT2D eigenvalue weighted by molar-refractivity contribution is 6.30. The lowest BCUT2D eigenvalue weighted by molar-refractivity contribution is -0.115. The third-order valence-corrected chi connectivity index (χ3v) is 3.29. The number of halogens is 1. The minimum atomic E-state index is -0.0354. The first-order chi connectivity index (χ1) is 8.63. The molecule has 1 unspecified atom stereocenters. The van der Waals surface area contributed by atoms with Crippen molar-refractivity contribution in [1.82, 2.24) is 10.2 Å². The minimum Gasteiger partial charge on any atom is -0.325 e. The largest absolute Gasteiger partial charge is 0.325 e. The van der Waals surface area contributed by atoms with Crippen LogP contribution < -0.4 is 10.6 Å². The van der Waals surface area contributed by atoms with Gasteiger partial charge in [0.25, 0.3) is 0 Å². The Morgan fingerprint density at radius 1 is 1.56 bits per heavy atom. The number of nitrogens with zero attached hydrogens (tertiary/aromatic N) is 1. The normalized spacial score (nSPS) is 20.0. The highest BCUT2D eigenvalue weighted by Gasteiger charge is 2.19. The van der Waals surface area contributed by atoms with Crippen LogP contribution in [0, 0.1) is 0 Å². The molecule has 1 saturated heterocycles. The Kier molecular flexibility index (Phi) is 4.58. The quantitative estimate of drug-likeness (QED) is 0.871. The lowest BCUT2D eigenvalue weighted by Crippen LogP contribution is -2.37. The number of hydrogen-bond acceptors (Lipinski definition) is 3. The number of amides is 1. The second kappa shape index (κ2) is 6.18. The molecule has 1 aliphatic rings. The molecule has 1 aromatic rings. The van der Waals surface area contributed by atoms with Gasteiger partial charge in [-0.3, -0.25) is 4.79 Å². The van der Waals surface area contributed by atoms with Crippen molar-refractivity contribution in [3.8, 4) is 0 Å². The lowest BCUT2D eigenvalue weighted by Gasteiger charge is -2.12. The fourth-order valence-electron chi connectivity index (χ4n) is 2.11. The van der Waals surface area contributed by atoms with Crippen LogP contribution in [0.25, 0.3) is 0 Å². The summed E-state index contributed by atoms with van der Waals surface area (Å²) in [5.41, 5.74) is 0.734. The molecule has 1 heterocycles. The smallest absolute Gasteiger partial charge is 0.238 e. The van der Waals surface area contributed by atoms with E-state index in [-0.39, 0.29) is 5.91 Å². The molecule has 0 aliphatic carbocycles. The summed E-state index contributed by atoms with van der Waals surface area (Å²) in [5.74, 6) is -0.0354. The van der Waals surface area contributed by atoms with Crippen molar-refractivity contribution in [3.05, 3.63) is 29.3 Å². The number of rotatable bonds is 4. The van der Waals surface area contributed by atoms with Gasteiger partial charge < -0.3 is 15.5 Å². The van der Waals surface area contributed by atoms with Gasteiger partial charge in [-0.25, -0.2) is 0 Å². The van der Waals surface area contributed by atoms with E-state index in [1.54, 1.807) is 12.1 Å². The van der Waals surface area contributed by atoms with E-state index in [0.717, 1.165) is 25.2 Å². The zero-order valence-electron chi connectivity index (χ0n) is 10.4. The summed E-state index contributed by atoms with van der Waals surface area (Å²) < 4.78 is 0. The van der Waals surface area contributed by atoms with Crippen molar-refractivity contribution in [2.45, 2.75) is 12.5 Å². The second-order valence-electron chi connectivity index (χ2n) is 4.69. The molecule has 1 aliphatic heterocycles. The van der Waals surface area contributed by atoms with Gasteiger partial charge in [-0.05, 0) is 38.2 Å². The van der Waals surface area contributed by atoms with Gasteiger partial charge in [-0.2, -0.15) is 0 Å². The van der Waals surface area contributed by atoms with Crippen molar-refractivity contribution in [3.63, 3.8) is 0 Å². The van der Waals surface area contributed by atoms with Gasteiger partial charge in [0.05, 0.1) is 6.54 Å². The maximum Gasteiger partial charge on any atom is 0.238 e. The Hall–Kier alpha value is -1.10. The first kappa shape index (κ1) is 13.3. The highest BCUT2D eigenvalue weighted by Crippen LogP contribution is 2.14. The fourth-order valence-corrected chi connectivity index (χ4v) is 2.30. The van der Waals surface area contributed by atoms with E-state index < -0.39 is 0 Å². The third-order valence-electron chi connectivity index (χ3n) is 3.05. The molecule has 18 heavy (non-hydrogen) atoms. The molecule has 0 radical (unpaired) electrons. The number of nitrogens with one attached hydrogen (secondary N) is 2. The maximum atomic E-state index is 11.7. The molecule has 98 valence electrons. The molecule has 0 bridgehead atoms. The molecular weight excluding hydrogens is 250 g/mol. The van der Waals surface area contributed by atoms with Gasteiger partial charge in [0.2, 0.25) is 5.91 Å². The van der Waals surface area contributed by atoms with E-state index in [9.17, 15) is 4.79 Å². The van der Waals surface area contributed by atoms with E-state index >= 15 is 0 Å². The van der Waals surface area contributed by atoms with Crippen molar-refractivity contribution < 1.29 is 4.79 Å². The predicted molar refractivity (Wildman–Crippen MR) is 74.0 cm³/mol. The van der Waals surface area contributed by atoms with Gasteiger partial charge in [0.1, 0.15) is 0 Å². The number of likely N-dealkylation sites (N-methyl/N-ethyl adjacent to an activating group) is 1. The van der Waals surface area contributed by atoms with Crippen molar-refractivity contribution in [2.24, 2.45) is 0 Å². The number of benzene rings is 1. The summed E-state index contributed by atoms with van der Waals surface area (Å²) in [6.07, 6.45) is 1.10. The summed E-state index contributed by atoms with van der Waals surface area (Å²) in [6.45, 7) is 2.43. The Balaban J connectivity index is 1.75. The molecule has 1 amide bonds. The summed E-state index contributed by atoms with van der Waals surface area (Å²) in [7, 11) is 2.09. The number of carbonyl (C=O) groups excluding carboxylic acids is 1. The molecule has 1 fully saturated rings. The summed E-state index contributed by atoms with van der Waals surface area (Å²) in [6, 6.07) is 7.58. The standard InChI is InChI=1S/C13H18ClN3O/c1-17-6-5-12(9-17)15-8-13(18)16-11-4-2-3-10(14)7-11/h2-4,7,12,15H,5-6,8-9H2,1H3,(H,16,18). The van der Waals surface area contributed by atoms with Crippen LogP contribution in [0.4, 0.5) is 5.69 Å². The second-order valence-corrected chi connectivity index (χ2v) is 5.12. The average Bonchev–Trinajstić information content (AvgIpc) is 2.73. The molecule has 1 atom stereocenters. The zero-order chi connectivity index (χ0) is 13.0. The van der Waals surface area contributed by atoms with E-state index in [1.165, 1.54) is 0 Å². The van der Waals surface area contributed by atoms with Crippen molar-refractivity contribution in [2.75, 3.05) is 32.0 Å². The number of hydrogen-bond donors (Lipinski definition) is 2. The van der Waals surface area contributed by atoms with E-state index in [0.29, 0.717) is 17.6 Å². The van der Waals surface area contributed by atoms with Gasteiger partial charge >= 0.3 is 0 Å². The van der Waals surface area contributed by atoms with Crippen LogP contribution in [0.15, 0.2) is 24.3 Å². The van der Waals surface area contributed by atoms with Gasteiger partial charge in [-0.15, -0.1) is 0 Å². The molecule has 5 heteroatoms. The Morgan fingerprint density at radius 3 is 3.06 bits per heavy atom. The topological polar surface area (TPSA) is 44.4 Å². The molecule has 0 spiro atoms. The highest BCUT2D eigenvalue weighted by atomic mass is 35.5. The summed E-state index contributed by atoms with van der Waals surface area (Å²) in [5, 5.41) is 6.70. The molecule has 1 aromatic carbocycles. The van der Waals surface area contributed by atoms with Gasteiger partial charge in [0, 0.05) is 23.3 Å². The Labute approximate surface area is 112 Å². The van der Waals surface area contributed by atoms with E-state index in [2.05, 4.69) is 22.6 Å². The van der Waals surface area contributed by atoms with Crippen LogP contribution in [0.1, 0.15) is 6.42 Å². The lowest BCUT2D eigenvalue weighted by atomic mass is 10.2. The average molecular weight is 268 g/mol. The maximum absolute atomic E-state index is 11.7. The van der Waals surface area contributed by atoms with Crippen LogP contribution in [0.5, 0.6) is 0 Å². The molecular formula is C13H18ClN3O. The SMILES string of the molecule is CN1CCC(NCC(=O)Nc2cccc(Cl)c2)C1.